The number of carbonyl (C=O) groups excluding carboxylic acids is 1. The maximum Gasteiger partial charge on any atom is 0.417 e. The summed E-state index contributed by atoms with van der Waals surface area (Å²) in [5.41, 5.74) is -0.0967. The lowest BCUT2D eigenvalue weighted by Crippen LogP contribution is -2.53. The first kappa shape index (κ1) is 18.3. The van der Waals surface area contributed by atoms with Crippen molar-refractivity contribution in [1.29, 1.82) is 0 Å². The number of alkyl halides is 3. The highest BCUT2D eigenvalue weighted by Crippen LogP contribution is 2.35. The van der Waals surface area contributed by atoms with Gasteiger partial charge in [-0.15, -0.1) is 0 Å². The summed E-state index contributed by atoms with van der Waals surface area (Å²) in [6.07, 6.45) is 2.24. The first-order valence-corrected chi connectivity index (χ1v) is 8.88. The highest BCUT2D eigenvalue weighted by Gasteiger charge is 2.38. The molecular formula is C19H18F3N5O. The average Bonchev–Trinajstić information content (AvgIpc) is 3.07. The van der Waals surface area contributed by atoms with Crippen molar-refractivity contribution in [3.05, 3.63) is 60.2 Å². The van der Waals surface area contributed by atoms with Crippen molar-refractivity contribution in [1.82, 2.24) is 19.7 Å². The number of pyridine rings is 2. The van der Waals surface area contributed by atoms with Gasteiger partial charge in [-0.25, -0.2) is 9.97 Å². The van der Waals surface area contributed by atoms with E-state index in [4.69, 9.17) is 0 Å². The van der Waals surface area contributed by atoms with Crippen LogP contribution in [0.25, 0.3) is 5.65 Å². The van der Waals surface area contributed by atoms with E-state index in [1.807, 2.05) is 18.2 Å². The molecule has 0 unspecified atom stereocenters. The van der Waals surface area contributed by atoms with E-state index in [1.165, 1.54) is 12.3 Å². The largest absolute Gasteiger partial charge is 0.417 e. The second kappa shape index (κ2) is 6.81. The van der Waals surface area contributed by atoms with E-state index in [0.29, 0.717) is 23.7 Å². The number of rotatable bonds is 5. The number of amides is 1. The maximum atomic E-state index is 12.7. The van der Waals surface area contributed by atoms with Gasteiger partial charge >= 0.3 is 6.18 Å². The molecule has 6 nitrogen and oxygen atoms in total. The normalized spacial score (nSPS) is 15.8. The second-order valence-corrected chi connectivity index (χ2v) is 6.94. The molecule has 3 aromatic heterocycles. The monoisotopic (exact) mass is 389 g/mol. The Morgan fingerprint density at radius 1 is 1.14 bits per heavy atom. The lowest BCUT2D eigenvalue weighted by molar-refractivity contribution is -0.137. The van der Waals surface area contributed by atoms with E-state index in [1.54, 1.807) is 10.6 Å². The van der Waals surface area contributed by atoms with Crippen LogP contribution in [0.3, 0.4) is 0 Å². The molecule has 1 fully saturated rings. The smallest absolute Gasteiger partial charge is 0.363 e. The quantitative estimate of drug-likeness (QED) is 0.701. The number of carbonyl (C=O) groups is 1. The van der Waals surface area contributed by atoms with Crippen LogP contribution in [0.4, 0.5) is 19.0 Å². The average molecular weight is 389 g/mol. The Hall–Kier alpha value is -3.10. The third kappa shape index (κ3) is 3.51. The van der Waals surface area contributed by atoms with E-state index in [2.05, 4.69) is 20.6 Å². The van der Waals surface area contributed by atoms with Crippen LogP contribution < -0.4 is 10.6 Å². The van der Waals surface area contributed by atoms with E-state index >= 15 is 0 Å². The topological polar surface area (TPSA) is 71.3 Å². The van der Waals surface area contributed by atoms with E-state index in [0.717, 1.165) is 31.5 Å². The van der Waals surface area contributed by atoms with Crippen LogP contribution in [-0.4, -0.2) is 32.4 Å². The summed E-state index contributed by atoms with van der Waals surface area (Å²) in [5, 5.41) is 6.10. The summed E-state index contributed by atoms with van der Waals surface area (Å²) in [7, 11) is 0. The molecule has 2 N–H and O–H groups in total. The molecule has 0 radical (unpaired) electrons. The predicted octanol–water partition coefficient (Wildman–Crippen LogP) is 3.51. The van der Waals surface area contributed by atoms with Gasteiger partial charge in [0.25, 0.3) is 5.91 Å². The number of anilines is 1. The zero-order valence-electron chi connectivity index (χ0n) is 14.8. The van der Waals surface area contributed by atoms with Crippen LogP contribution >= 0.6 is 0 Å². The zero-order valence-corrected chi connectivity index (χ0v) is 14.8. The number of hydrogen-bond acceptors (Lipinski definition) is 4. The van der Waals surface area contributed by atoms with Crippen molar-refractivity contribution in [2.75, 3.05) is 11.9 Å². The lowest BCUT2D eigenvalue weighted by atomic mass is 9.76. The second-order valence-electron chi connectivity index (χ2n) is 6.94. The van der Waals surface area contributed by atoms with E-state index in [9.17, 15) is 18.0 Å². The van der Waals surface area contributed by atoms with Gasteiger partial charge in [0.05, 0.1) is 17.3 Å². The fourth-order valence-electron chi connectivity index (χ4n) is 3.30. The molecule has 9 heteroatoms. The number of aromatic nitrogens is 3. The molecule has 3 heterocycles. The maximum absolute atomic E-state index is 12.7. The van der Waals surface area contributed by atoms with Crippen molar-refractivity contribution in [2.24, 2.45) is 0 Å². The number of imidazole rings is 1. The van der Waals surface area contributed by atoms with E-state index in [-0.39, 0.29) is 5.91 Å². The van der Waals surface area contributed by atoms with E-state index < -0.39 is 17.3 Å². The molecule has 146 valence electrons. The minimum atomic E-state index is -4.42. The molecule has 0 atom stereocenters. The molecule has 0 aliphatic heterocycles. The van der Waals surface area contributed by atoms with Gasteiger partial charge in [0.15, 0.2) is 0 Å². The standard InChI is InChI=1S/C19H18F3N5O/c20-19(21,22)13-5-6-15(23-10-13)26-18(7-3-8-18)12-25-17(28)14-11-24-16-4-1-2-9-27(14)16/h1-2,4-6,9-11H,3,7-8,12H2,(H,23,26)(H,25,28). The van der Waals surface area contributed by atoms with Gasteiger partial charge in [-0.1, -0.05) is 6.07 Å². The molecule has 1 aliphatic carbocycles. The number of nitrogens with one attached hydrogen (secondary N) is 2. The number of hydrogen-bond donors (Lipinski definition) is 2. The molecular weight excluding hydrogens is 371 g/mol. The molecule has 0 bridgehead atoms. The van der Waals surface area contributed by atoms with Crippen LogP contribution in [0.1, 0.15) is 35.3 Å². The first-order chi connectivity index (χ1) is 13.4. The molecule has 0 saturated heterocycles. The SMILES string of the molecule is O=C(NCC1(Nc2ccc(C(F)(F)F)cn2)CCC1)c1cnc2ccccn12. The molecule has 1 aliphatic rings. The third-order valence-electron chi connectivity index (χ3n) is 5.03. The van der Waals surface area contributed by atoms with Gasteiger partial charge < -0.3 is 10.6 Å². The van der Waals surface area contributed by atoms with Gasteiger partial charge in [0.2, 0.25) is 0 Å². The van der Waals surface area contributed by atoms with Gasteiger partial charge in [0, 0.05) is 18.9 Å². The van der Waals surface area contributed by atoms with Gasteiger partial charge in [0.1, 0.15) is 17.2 Å². The lowest BCUT2D eigenvalue weighted by Gasteiger charge is -2.43. The minimum Gasteiger partial charge on any atom is -0.363 e. The summed E-state index contributed by atoms with van der Waals surface area (Å²) in [5.74, 6) is 0.101. The molecule has 1 saturated carbocycles. The number of halogens is 3. The Morgan fingerprint density at radius 3 is 2.61 bits per heavy atom. The number of nitrogens with zero attached hydrogens (tertiary/aromatic N) is 3. The summed E-state index contributed by atoms with van der Waals surface area (Å²) in [6.45, 7) is 0.342. The Kier molecular flexibility index (Phi) is 4.44. The van der Waals surface area contributed by atoms with Crippen LogP contribution in [0.5, 0.6) is 0 Å². The third-order valence-corrected chi connectivity index (χ3v) is 5.03. The fourth-order valence-corrected chi connectivity index (χ4v) is 3.30. The summed E-state index contributed by atoms with van der Waals surface area (Å²) in [4.78, 5) is 20.6. The van der Waals surface area contributed by atoms with Crippen LogP contribution in [0.2, 0.25) is 0 Å². The van der Waals surface area contributed by atoms with Crippen molar-refractivity contribution in [3.63, 3.8) is 0 Å². The number of fused-ring (bicyclic) bond motifs is 1. The van der Waals surface area contributed by atoms with Crippen molar-refractivity contribution in [3.8, 4) is 0 Å². The van der Waals surface area contributed by atoms with Gasteiger partial charge in [-0.2, -0.15) is 13.2 Å². The van der Waals surface area contributed by atoms with Gasteiger partial charge in [-0.3, -0.25) is 9.20 Å². The fraction of sp³-hybridized carbons (Fsp3) is 0.316. The molecule has 4 rings (SSSR count). The molecule has 1 amide bonds. The summed E-state index contributed by atoms with van der Waals surface area (Å²) >= 11 is 0. The first-order valence-electron chi connectivity index (χ1n) is 8.88. The van der Waals surface area contributed by atoms with Crippen LogP contribution in [-0.2, 0) is 6.18 Å². The highest BCUT2D eigenvalue weighted by atomic mass is 19.4. The van der Waals surface area contributed by atoms with Crippen LogP contribution in [0.15, 0.2) is 48.9 Å². The van der Waals surface area contributed by atoms with Crippen molar-refractivity contribution < 1.29 is 18.0 Å². The molecule has 0 aromatic carbocycles. The van der Waals surface area contributed by atoms with Crippen molar-refractivity contribution in [2.45, 2.75) is 31.0 Å². The Balaban J connectivity index is 1.43. The Morgan fingerprint density at radius 2 is 1.96 bits per heavy atom. The van der Waals surface area contributed by atoms with Gasteiger partial charge in [-0.05, 0) is 43.5 Å². The summed E-state index contributed by atoms with van der Waals surface area (Å²) in [6, 6.07) is 7.78. The zero-order chi connectivity index (χ0) is 19.8. The van der Waals surface area contributed by atoms with Crippen LogP contribution in [0, 0.1) is 0 Å². The Labute approximate surface area is 158 Å². The summed E-state index contributed by atoms with van der Waals surface area (Å²) < 4.78 is 39.7. The van der Waals surface area contributed by atoms with Crippen molar-refractivity contribution >= 4 is 17.4 Å². The Bertz CT molecular complexity index is 993. The molecule has 3 aromatic rings. The predicted molar refractivity (Wildman–Crippen MR) is 97.0 cm³/mol. The molecule has 0 spiro atoms. The molecule has 28 heavy (non-hydrogen) atoms. The minimum absolute atomic E-state index is 0.257. The highest BCUT2D eigenvalue weighted by molar-refractivity contribution is 5.93.